The van der Waals surface area contributed by atoms with Crippen molar-refractivity contribution in [1.82, 2.24) is 10.2 Å². The first-order chi connectivity index (χ1) is 8.22. The zero-order valence-electron chi connectivity index (χ0n) is 10.4. The lowest BCUT2D eigenvalue weighted by molar-refractivity contribution is 0.200. The number of halogens is 4. The van der Waals surface area contributed by atoms with Crippen molar-refractivity contribution in [1.29, 1.82) is 0 Å². The normalized spacial score (nSPS) is 16.9. The molecule has 0 spiro atoms. The summed E-state index contributed by atoms with van der Waals surface area (Å²) in [5.74, 6) is -0.793. The van der Waals surface area contributed by atoms with Crippen molar-refractivity contribution in [3.05, 3.63) is 48.1 Å². The quantitative estimate of drug-likeness (QED) is 0.864. The van der Waals surface area contributed by atoms with Gasteiger partial charge in [-0.05, 0) is 18.2 Å². The summed E-state index contributed by atoms with van der Waals surface area (Å²) in [6.45, 7) is 7.08. The molecular weight excluding hydrogens is 293 g/mol. The fraction of sp³-hybridized carbons (Fsp3) is 0.385. The van der Waals surface area contributed by atoms with Gasteiger partial charge in [-0.1, -0.05) is 6.08 Å². The van der Waals surface area contributed by atoms with E-state index in [0.29, 0.717) is 5.56 Å². The molecule has 1 aliphatic rings. The first-order valence-corrected chi connectivity index (χ1v) is 5.74. The molecule has 108 valence electrons. The van der Waals surface area contributed by atoms with E-state index in [1.165, 1.54) is 12.1 Å². The largest absolute Gasteiger partial charge is 0.314 e. The lowest BCUT2D eigenvalue weighted by Crippen LogP contribution is -2.44. The lowest BCUT2D eigenvalue weighted by Gasteiger charge is -2.33. The lowest BCUT2D eigenvalue weighted by atomic mass is 10.0. The molecule has 0 radical (unpaired) electrons. The van der Waals surface area contributed by atoms with E-state index >= 15 is 0 Å². The van der Waals surface area contributed by atoms with E-state index in [1.807, 2.05) is 0 Å². The summed E-state index contributed by atoms with van der Waals surface area (Å²) in [6, 6.07) is 3.30. The fourth-order valence-corrected chi connectivity index (χ4v) is 2.17. The highest BCUT2D eigenvalue weighted by Crippen LogP contribution is 2.25. The van der Waals surface area contributed by atoms with Crippen molar-refractivity contribution in [2.75, 3.05) is 26.2 Å². The Bertz CT molecular complexity index is 410. The molecule has 1 fully saturated rings. The molecule has 1 aromatic carbocycles. The monoisotopic (exact) mass is 310 g/mol. The molecule has 1 heterocycles. The van der Waals surface area contributed by atoms with Crippen LogP contribution in [-0.4, -0.2) is 31.1 Å². The third-order valence-electron chi connectivity index (χ3n) is 3.04. The summed E-state index contributed by atoms with van der Waals surface area (Å²) < 4.78 is 26.9. The number of hydrogen-bond donors (Lipinski definition) is 1. The number of nitrogens with zero attached hydrogens (tertiary/aromatic N) is 1. The summed E-state index contributed by atoms with van der Waals surface area (Å²) in [7, 11) is 0. The highest BCUT2D eigenvalue weighted by Gasteiger charge is 2.22. The molecule has 1 N–H and O–H groups in total. The van der Waals surface area contributed by atoms with Gasteiger partial charge in [-0.15, -0.1) is 31.4 Å². The van der Waals surface area contributed by atoms with Gasteiger partial charge in [-0.3, -0.25) is 4.90 Å². The standard InChI is InChI=1S/C13H16F2N2.2ClH/c1-2-13(17-7-5-16-6-8-17)11-9-10(14)3-4-12(11)15;;/h2-4,9,13,16H,1,5-8H2;2*1H/t13-;;/m1../s1. The molecule has 0 aliphatic carbocycles. The van der Waals surface area contributed by atoms with Crippen LogP contribution >= 0.6 is 24.8 Å². The van der Waals surface area contributed by atoms with Gasteiger partial charge < -0.3 is 5.32 Å². The zero-order chi connectivity index (χ0) is 12.3. The van der Waals surface area contributed by atoms with Crippen LogP contribution in [0.5, 0.6) is 0 Å². The first kappa shape index (κ1) is 18.3. The Morgan fingerprint density at radius 3 is 2.42 bits per heavy atom. The molecule has 6 heteroatoms. The van der Waals surface area contributed by atoms with Crippen LogP contribution in [0.25, 0.3) is 0 Å². The number of nitrogens with one attached hydrogen (secondary N) is 1. The van der Waals surface area contributed by atoms with Gasteiger partial charge >= 0.3 is 0 Å². The van der Waals surface area contributed by atoms with E-state index < -0.39 is 5.82 Å². The second-order valence-corrected chi connectivity index (χ2v) is 4.13. The summed E-state index contributed by atoms with van der Waals surface area (Å²) in [6.07, 6.45) is 1.67. The van der Waals surface area contributed by atoms with Crippen molar-refractivity contribution >= 4 is 24.8 Å². The second kappa shape index (κ2) is 8.48. The third-order valence-corrected chi connectivity index (χ3v) is 3.04. The van der Waals surface area contributed by atoms with E-state index in [-0.39, 0.29) is 36.7 Å². The molecular formula is C13H18Cl2F2N2. The van der Waals surface area contributed by atoms with Gasteiger partial charge in [0, 0.05) is 31.7 Å². The molecule has 0 amide bonds. The Balaban J connectivity index is 0.00000162. The van der Waals surface area contributed by atoms with E-state index in [1.54, 1.807) is 6.08 Å². The maximum atomic E-state index is 13.7. The molecule has 2 rings (SSSR count). The topological polar surface area (TPSA) is 15.3 Å². The minimum absolute atomic E-state index is 0. The number of rotatable bonds is 3. The maximum absolute atomic E-state index is 13.7. The molecule has 1 aliphatic heterocycles. The van der Waals surface area contributed by atoms with Crippen LogP contribution in [0, 0.1) is 11.6 Å². The van der Waals surface area contributed by atoms with Gasteiger partial charge in [0.2, 0.25) is 0 Å². The van der Waals surface area contributed by atoms with Crippen molar-refractivity contribution in [3.63, 3.8) is 0 Å². The first-order valence-electron chi connectivity index (χ1n) is 5.74. The molecule has 0 unspecified atom stereocenters. The van der Waals surface area contributed by atoms with Gasteiger partial charge in [0.1, 0.15) is 11.6 Å². The van der Waals surface area contributed by atoms with Crippen LogP contribution in [0.2, 0.25) is 0 Å². The predicted molar refractivity (Wildman–Crippen MR) is 78.2 cm³/mol. The van der Waals surface area contributed by atoms with Crippen molar-refractivity contribution < 1.29 is 8.78 Å². The zero-order valence-corrected chi connectivity index (χ0v) is 12.1. The van der Waals surface area contributed by atoms with Crippen molar-refractivity contribution in [2.45, 2.75) is 6.04 Å². The fourth-order valence-electron chi connectivity index (χ4n) is 2.17. The minimum atomic E-state index is -0.414. The Labute approximate surface area is 124 Å². The highest BCUT2D eigenvalue weighted by atomic mass is 35.5. The van der Waals surface area contributed by atoms with Crippen LogP contribution in [0.1, 0.15) is 11.6 Å². The van der Waals surface area contributed by atoms with Crippen LogP contribution in [0.15, 0.2) is 30.9 Å². The third kappa shape index (κ3) is 4.42. The number of hydrogen-bond acceptors (Lipinski definition) is 2. The summed E-state index contributed by atoms with van der Waals surface area (Å²) in [5, 5.41) is 3.23. The molecule has 1 atom stereocenters. The van der Waals surface area contributed by atoms with E-state index in [9.17, 15) is 8.78 Å². The van der Waals surface area contributed by atoms with Crippen molar-refractivity contribution in [3.8, 4) is 0 Å². The maximum Gasteiger partial charge on any atom is 0.128 e. The summed E-state index contributed by atoms with van der Waals surface area (Å²) in [5.41, 5.74) is 0.363. The Morgan fingerprint density at radius 2 is 1.84 bits per heavy atom. The average molecular weight is 311 g/mol. The second-order valence-electron chi connectivity index (χ2n) is 4.13. The van der Waals surface area contributed by atoms with E-state index in [0.717, 1.165) is 32.2 Å². The van der Waals surface area contributed by atoms with Gasteiger partial charge in [0.15, 0.2) is 0 Å². The molecule has 2 nitrogen and oxygen atoms in total. The van der Waals surface area contributed by atoms with Gasteiger partial charge in [-0.25, -0.2) is 8.78 Å². The van der Waals surface area contributed by atoms with Gasteiger partial charge in [0.25, 0.3) is 0 Å². The van der Waals surface area contributed by atoms with Crippen LogP contribution < -0.4 is 5.32 Å². The highest BCUT2D eigenvalue weighted by molar-refractivity contribution is 5.85. The van der Waals surface area contributed by atoms with Crippen LogP contribution in [0.3, 0.4) is 0 Å². The SMILES string of the molecule is C=C[C@H](c1cc(F)ccc1F)N1CCNCC1.Cl.Cl. The minimum Gasteiger partial charge on any atom is -0.314 e. The summed E-state index contributed by atoms with van der Waals surface area (Å²) in [4.78, 5) is 2.10. The molecule has 0 aromatic heterocycles. The Morgan fingerprint density at radius 1 is 1.21 bits per heavy atom. The number of piperazine rings is 1. The molecule has 19 heavy (non-hydrogen) atoms. The summed E-state index contributed by atoms with van der Waals surface area (Å²) >= 11 is 0. The number of benzene rings is 1. The van der Waals surface area contributed by atoms with E-state index in [4.69, 9.17) is 0 Å². The molecule has 1 saturated heterocycles. The van der Waals surface area contributed by atoms with E-state index in [2.05, 4.69) is 16.8 Å². The Hall–Kier alpha value is -0.680. The van der Waals surface area contributed by atoms with Crippen LogP contribution in [-0.2, 0) is 0 Å². The van der Waals surface area contributed by atoms with Gasteiger partial charge in [0.05, 0.1) is 6.04 Å². The van der Waals surface area contributed by atoms with Gasteiger partial charge in [-0.2, -0.15) is 0 Å². The molecule has 0 saturated carbocycles. The van der Waals surface area contributed by atoms with Crippen LogP contribution in [0.4, 0.5) is 8.78 Å². The molecule has 0 bridgehead atoms. The average Bonchev–Trinajstić information content (AvgIpc) is 2.36. The predicted octanol–water partition coefficient (Wildman–Crippen LogP) is 2.94. The smallest absolute Gasteiger partial charge is 0.128 e. The molecule has 1 aromatic rings. The Kier molecular flexibility index (Phi) is 8.18. The van der Waals surface area contributed by atoms with Crippen molar-refractivity contribution in [2.24, 2.45) is 0 Å².